The zero-order valence-corrected chi connectivity index (χ0v) is 9.96. The average Bonchev–Trinajstić information content (AvgIpc) is 2.63. The van der Waals surface area contributed by atoms with Gasteiger partial charge in [-0.25, -0.2) is 4.98 Å². The normalized spacial score (nSPS) is 14.1. The van der Waals surface area contributed by atoms with Crippen LogP contribution < -0.4 is 10.6 Å². The Balaban J connectivity index is 2.16. The third-order valence-electron chi connectivity index (χ3n) is 2.07. The lowest BCUT2D eigenvalue weighted by atomic mass is 10.1. The van der Waals surface area contributed by atoms with E-state index in [1.54, 1.807) is 0 Å². The van der Waals surface area contributed by atoms with Crippen molar-refractivity contribution in [1.29, 1.82) is 0 Å². The zero-order valence-electron chi connectivity index (χ0n) is 9.96. The van der Waals surface area contributed by atoms with Crippen LogP contribution in [0.3, 0.4) is 0 Å². The molecule has 0 radical (unpaired) electrons. The summed E-state index contributed by atoms with van der Waals surface area (Å²) in [5.74, 6) is 0.880. The number of rotatable bonds is 5. The minimum atomic E-state index is 0.178. The highest BCUT2D eigenvalue weighted by molar-refractivity contribution is 4.88. The average molecular weight is 211 g/mol. The lowest BCUT2D eigenvalue weighted by molar-refractivity contribution is 0.412. The van der Waals surface area contributed by atoms with E-state index in [1.807, 2.05) is 0 Å². The lowest BCUT2D eigenvalue weighted by Gasteiger charge is -2.21. The molecule has 15 heavy (non-hydrogen) atoms. The molecule has 0 aliphatic heterocycles. The number of hydrogen-bond donors (Lipinski definition) is 3. The Labute approximate surface area is 91.1 Å². The van der Waals surface area contributed by atoms with Gasteiger partial charge in [0.15, 0.2) is 0 Å². The summed E-state index contributed by atoms with van der Waals surface area (Å²) in [6.07, 6.45) is 1.53. The predicted molar refractivity (Wildman–Crippen MR) is 60.6 cm³/mol. The van der Waals surface area contributed by atoms with Crippen molar-refractivity contribution in [1.82, 2.24) is 25.8 Å². The predicted octanol–water partition coefficient (Wildman–Crippen LogP) is 0.843. The topological polar surface area (TPSA) is 65.6 Å². The summed E-state index contributed by atoms with van der Waals surface area (Å²) >= 11 is 0. The number of H-pyrrole nitrogens is 1. The largest absolute Gasteiger partial charge is 0.311 e. The van der Waals surface area contributed by atoms with Crippen LogP contribution in [-0.4, -0.2) is 33.8 Å². The minimum absolute atomic E-state index is 0.178. The second kappa shape index (κ2) is 5.23. The standard InChI is InChI=1S/C10H21N5/c1-8(9-12-7-14-15-9)11-5-6-13-10(2,3)4/h7-8,11,13H,5-6H2,1-4H3,(H,12,14,15). The molecular weight excluding hydrogens is 190 g/mol. The van der Waals surface area contributed by atoms with E-state index in [4.69, 9.17) is 0 Å². The van der Waals surface area contributed by atoms with E-state index in [9.17, 15) is 0 Å². The molecule has 5 heteroatoms. The Kier molecular flexibility index (Phi) is 4.23. The Hall–Kier alpha value is -0.940. The van der Waals surface area contributed by atoms with E-state index < -0.39 is 0 Å². The van der Waals surface area contributed by atoms with E-state index in [2.05, 4.69) is 53.5 Å². The van der Waals surface area contributed by atoms with Crippen molar-refractivity contribution in [3.63, 3.8) is 0 Å². The van der Waals surface area contributed by atoms with Crippen molar-refractivity contribution in [3.8, 4) is 0 Å². The van der Waals surface area contributed by atoms with Gasteiger partial charge in [-0.15, -0.1) is 0 Å². The maximum atomic E-state index is 4.09. The van der Waals surface area contributed by atoms with Gasteiger partial charge in [0.25, 0.3) is 0 Å². The first-order valence-corrected chi connectivity index (χ1v) is 5.33. The number of aromatic amines is 1. The summed E-state index contributed by atoms with van der Waals surface area (Å²) in [6, 6.07) is 0.217. The first-order chi connectivity index (χ1) is 6.99. The molecular formula is C10H21N5. The van der Waals surface area contributed by atoms with Gasteiger partial charge >= 0.3 is 0 Å². The molecule has 0 spiro atoms. The summed E-state index contributed by atoms with van der Waals surface area (Å²) in [5, 5.41) is 13.4. The monoisotopic (exact) mass is 211 g/mol. The highest BCUT2D eigenvalue weighted by Crippen LogP contribution is 2.02. The lowest BCUT2D eigenvalue weighted by Crippen LogP contribution is -2.40. The fourth-order valence-electron chi connectivity index (χ4n) is 1.25. The molecule has 0 bridgehead atoms. The van der Waals surface area contributed by atoms with Gasteiger partial charge in [-0.05, 0) is 27.7 Å². The van der Waals surface area contributed by atoms with Gasteiger partial charge in [0.1, 0.15) is 12.2 Å². The quantitative estimate of drug-likeness (QED) is 0.632. The summed E-state index contributed by atoms with van der Waals surface area (Å²) < 4.78 is 0. The summed E-state index contributed by atoms with van der Waals surface area (Å²) in [7, 11) is 0. The molecule has 1 aromatic heterocycles. The molecule has 0 fully saturated rings. The third-order valence-corrected chi connectivity index (χ3v) is 2.07. The van der Waals surface area contributed by atoms with Crippen molar-refractivity contribution >= 4 is 0 Å². The highest BCUT2D eigenvalue weighted by Gasteiger charge is 2.09. The van der Waals surface area contributed by atoms with Crippen LogP contribution in [0, 0.1) is 0 Å². The molecule has 1 unspecified atom stereocenters. The second-order valence-electron chi connectivity index (χ2n) is 4.72. The van der Waals surface area contributed by atoms with Crippen LogP contribution in [0.2, 0.25) is 0 Å². The number of hydrogen-bond acceptors (Lipinski definition) is 4. The van der Waals surface area contributed by atoms with Crippen LogP contribution in [0.1, 0.15) is 39.6 Å². The van der Waals surface area contributed by atoms with Crippen molar-refractivity contribution < 1.29 is 0 Å². The van der Waals surface area contributed by atoms with Crippen LogP contribution in [0.5, 0.6) is 0 Å². The van der Waals surface area contributed by atoms with Gasteiger partial charge in [0.05, 0.1) is 6.04 Å². The minimum Gasteiger partial charge on any atom is -0.311 e. The molecule has 0 saturated heterocycles. The summed E-state index contributed by atoms with van der Waals surface area (Å²) in [5.41, 5.74) is 0.178. The molecule has 1 heterocycles. The van der Waals surface area contributed by atoms with Crippen molar-refractivity contribution in [2.45, 2.75) is 39.3 Å². The molecule has 0 aromatic carbocycles. The summed E-state index contributed by atoms with van der Waals surface area (Å²) in [4.78, 5) is 4.09. The van der Waals surface area contributed by atoms with E-state index in [0.29, 0.717) is 0 Å². The Morgan fingerprint density at radius 2 is 2.13 bits per heavy atom. The van der Waals surface area contributed by atoms with Crippen LogP contribution in [0.25, 0.3) is 0 Å². The molecule has 0 aliphatic carbocycles. The van der Waals surface area contributed by atoms with E-state index in [1.165, 1.54) is 6.33 Å². The second-order valence-corrected chi connectivity index (χ2v) is 4.72. The van der Waals surface area contributed by atoms with E-state index >= 15 is 0 Å². The van der Waals surface area contributed by atoms with Crippen LogP contribution >= 0.6 is 0 Å². The first-order valence-electron chi connectivity index (χ1n) is 5.33. The fourth-order valence-corrected chi connectivity index (χ4v) is 1.25. The molecule has 3 N–H and O–H groups in total. The smallest absolute Gasteiger partial charge is 0.141 e. The molecule has 1 rings (SSSR count). The number of nitrogens with zero attached hydrogens (tertiary/aromatic N) is 2. The highest BCUT2D eigenvalue weighted by atomic mass is 15.2. The summed E-state index contributed by atoms with van der Waals surface area (Å²) in [6.45, 7) is 10.4. The van der Waals surface area contributed by atoms with Crippen LogP contribution in [0.15, 0.2) is 6.33 Å². The Bertz CT molecular complexity index is 262. The first kappa shape index (κ1) is 12.1. The van der Waals surface area contributed by atoms with Gasteiger partial charge in [-0.2, -0.15) is 5.10 Å². The van der Waals surface area contributed by atoms with Crippen LogP contribution in [-0.2, 0) is 0 Å². The third kappa shape index (κ3) is 4.90. The molecule has 0 saturated carbocycles. The van der Waals surface area contributed by atoms with Gasteiger partial charge in [0.2, 0.25) is 0 Å². The fraction of sp³-hybridized carbons (Fsp3) is 0.800. The molecule has 0 aliphatic rings. The van der Waals surface area contributed by atoms with Gasteiger partial charge in [-0.3, -0.25) is 5.10 Å². The van der Waals surface area contributed by atoms with Crippen molar-refractivity contribution in [3.05, 3.63) is 12.2 Å². The Morgan fingerprint density at radius 1 is 1.40 bits per heavy atom. The van der Waals surface area contributed by atoms with Gasteiger partial charge in [0, 0.05) is 18.6 Å². The Morgan fingerprint density at radius 3 is 2.67 bits per heavy atom. The maximum Gasteiger partial charge on any atom is 0.141 e. The van der Waals surface area contributed by atoms with Crippen molar-refractivity contribution in [2.75, 3.05) is 13.1 Å². The van der Waals surface area contributed by atoms with Gasteiger partial charge in [-0.1, -0.05) is 0 Å². The van der Waals surface area contributed by atoms with Gasteiger partial charge < -0.3 is 10.6 Å². The maximum absolute atomic E-state index is 4.09. The molecule has 1 atom stereocenters. The van der Waals surface area contributed by atoms with E-state index in [0.717, 1.165) is 18.9 Å². The number of aromatic nitrogens is 3. The number of nitrogens with one attached hydrogen (secondary N) is 3. The van der Waals surface area contributed by atoms with Crippen molar-refractivity contribution in [2.24, 2.45) is 0 Å². The molecule has 1 aromatic rings. The molecule has 86 valence electrons. The zero-order chi connectivity index (χ0) is 11.3. The van der Waals surface area contributed by atoms with E-state index in [-0.39, 0.29) is 11.6 Å². The SMILES string of the molecule is CC(NCCNC(C)(C)C)c1ncn[nH]1. The molecule has 5 nitrogen and oxygen atoms in total. The van der Waals surface area contributed by atoms with Crippen LogP contribution in [0.4, 0.5) is 0 Å². The molecule has 0 amide bonds.